The van der Waals surface area contributed by atoms with Gasteiger partial charge in [0.15, 0.2) is 0 Å². The molecular weight excluding hydrogens is 230 g/mol. The highest BCUT2D eigenvalue weighted by Gasteiger charge is 2.17. The number of aryl methyl sites for hydroxylation is 1. The van der Waals surface area contributed by atoms with Crippen molar-refractivity contribution in [1.82, 2.24) is 15.1 Å². The van der Waals surface area contributed by atoms with Crippen molar-refractivity contribution in [2.75, 3.05) is 0 Å². The maximum Gasteiger partial charge on any atom is 0.339 e. The Kier molecular flexibility index (Phi) is 5.34. The summed E-state index contributed by atoms with van der Waals surface area (Å²) in [5.41, 5.74) is 1.00. The molecule has 0 saturated heterocycles. The van der Waals surface area contributed by atoms with Crippen LogP contribution in [0.25, 0.3) is 0 Å². The van der Waals surface area contributed by atoms with Gasteiger partial charge in [0.25, 0.3) is 0 Å². The number of hydrogen-bond donors (Lipinski definition) is 2. The first-order valence-corrected chi connectivity index (χ1v) is 6.48. The van der Waals surface area contributed by atoms with E-state index < -0.39 is 5.97 Å². The van der Waals surface area contributed by atoms with Crippen molar-refractivity contribution >= 4 is 5.97 Å². The third-order valence-corrected chi connectivity index (χ3v) is 3.64. The summed E-state index contributed by atoms with van der Waals surface area (Å²) in [5.74, 6) is -0.304. The lowest BCUT2D eigenvalue weighted by Crippen LogP contribution is -2.33. The largest absolute Gasteiger partial charge is 0.478 e. The topological polar surface area (TPSA) is 67.2 Å². The van der Waals surface area contributed by atoms with Crippen molar-refractivity contribution in [2.45, 2.75) is 46.2 Å². The third kappa shape index (κ3) is 3.32. The van der Waals surface area contributed by atoms with Crippen LogP contribution < -0.4 is 5.32 Å². The van der Waals surface area contributed by atoms with Crippen molar-refractivity contribution in [3.63, 3.8) is 0 Å². The number of aromatic carboxylic acids is 1. The molecule has 1 atom stereocenters. The fourth-order valence-corrected chi connectivity index (χ4v) is 2.27. The first-order chi connectivity index (χ1) is 8.51. The summed E-state index contributed by atoms with van der Waals surface area (Å²) in [7, 11) is 1.77. The molecule has 18 heavy (non-hydrogen) atoms. The van der Waals surface area contributed by atoms with Crippen LogP contribution >= 0.6 is 0 Å². The Bertz CT molecular complexity index is 397. The summed E-state index contributed by atoms with van der Waals surface area (Å²) in [6.45, 7) is 7.04. The lowest BCUT2D eigenvalue weighted by molar-refractivity contribution is 0.0695. The van der Waals surface area contributed by atoms with Gasteiger partial charge >= 0.3 is 5.97 Å². The second kappa shape index (κ2) is 6.54. The summed E-state index contributed by atoms with van der Waals surface area (Å²) < 4.78 is 1.62. The predicted octanol–water partition coefficient (Wildman–Crippen LogP) is 2.03. The molecule has 0 amide bonds. The Morgan fingerprint density at radius 1 is 1.50 bits per heavy atom. The van der Waals surface area contributed by atoms with Crippen LogP contribution in [0.2, 0.25) is 0 Å². The Balaban J connectivity index is 2.68. The highest BCUT2D eigenvalue weighted by molar-refractivity contribution is 5.88. The van der Waals surface area contributed by atoms with Gasteiger partial charge in [0.2, 0.25) is 0 Å². The molecule has 0 spiro atoms. The van der Waals surface area contributed by atoms with Crippen LogP contribution in [0, 0.1) is 5.92 Å². The zero-order chi connectivity index (χ0) is 13.7. The molecule has 102 valence electrons. The maximum absolute atomic E-state index is 11.0. The Morgan fingerprint density at radius 2 is 2.11 bits per heavy atom. The molecule has 0 radical (unpaired) electrons. The number of rotatable bonds is 7. The van der Waals surface area contributed by atoms with Gasteiger partial charge in [0, 0.05) is 19.6 Å². The van der Waals surface area contributed by atoms with E-state index in [4.69, 9.17) is 5.11 Å². The molecule has 0 bridgehead atoms. The standard InChI is InChI=1S/C13H23N3O2/c1-5-10(6-2)9(3)14-8-12-11(13(17)18)7-15-16(12)4/h7,9-10,14H,5-6,8H2,1-4H3,(H,17,18). The number of hydrogen-bond acceptors (Lipinski definition) is 3. The van der Waals surface area contributed by atoms with E-state index in [1.807, 2.05) is 0 Å². The van der Waals surface area contributed by atoms with Crippen LogP contribution in [-0.4, -0.2) is 26.9 Å². The minimum Gasteiger partial charge on any atom is -0.478 e. The Hall–Kier alpha value is -1.36. The van der Waals surface area contributed by atoms with Crippen molar-refractivity contribution in [3.8, 4) is 0 Å². The van der Waals surface area contributed by atoms with Crippen LogP contribution in [0.5, 0.6) is 0 Å². The smallest absolute Gasteiger partial charge is 0.339 e. The Labute approximate surface area is 108 Å². The second-order valence-electron chi connectivity index (χ2n) is 4.68. The van der Waals surface area contributed by atoms with Gasteiger partial charge in [-0.05, 0) is 12.8 Å². The van der Waals surface area contributed by atoms with E-state index in [1.54, 1.807) is 11.7 Å². The van der Waals surface area contributed by atoms with Crippen molar-refractivity contribution in [1.29, 1.82) is 0 Å². The number of carboxylic acids is 1. The minimum atomic E-state index is -0.921. The molecule has 2 N–H and O–H groups in total. The number of carbonyl (C=O) groups is 1. The van der Waals surface area contributed by atoms with E-state index in [9.17, 15) is 4.79 Å². The zero-order valence-corrected chi connectivity index (χ0v) is 11.6. The van der Waals surface area contributed by atoms with Crippen molar-refractivity contribution < 1.29 is 9.90 Å². The fraction of sp³-hybridized carbons (Fsp3) is 0.692. The normalized spacial score (nSPS) is 12.9. The summed E-state index contributed by atoms with van der Waals surface area (Å²) >= 11 is 0. The summed E-state index contributed by atoms with van der Waals surface area (Å²) in [6, 6.07) is 0.372. The summed E-state index contributed by atoms with van der Waals surface area (Å²) in [5, 5.41) is 16.5. The van der Waals surface area contributed by atoms with Gasteiger partial charge in [-0.2, -0.15) is 5.10 Å². The molecule has 1 unspecified atom stereocenters. The zero-order valence-electron chi connectivity index (χ0n) is 11.6. The predicted molar refractivity (Wildman–Crippen MR) is 70.5 cm³/mol. The summed E-state index contributed by atoms with van der Waals surface area (Å²) in [6.07, 6.45) is 3.66. The van der Waals surface area contributed by atoms with Crippen LogP contribution in [0.4, 0.5) is 0 Å². The van der Waals surface area contributed by atoms with Crippen LogP contribution in [-0.2, 0) is 13.6 Å². The molecule has 0 saturated carbocycles. The van der Waals surface area contributed by atoms with Crippen LogP contribution in [0.3, 0.4) is 0 Å². The van der Waals surface area contributed by atoms with E-state index in [2.05, 4.69) is 31.2 Å². The van der Waals surface area contributed by atoms with Crippen LogP contribution in [0.1, 0.15) is 49.7 Å². The van der Waals surface area contributed by atoms with E-state index in [-0.39, 0.29) is 5.56 Å². The highest BCUT2D eigenvalue weighted by atomic mass is 16.4. The van der Waals surface area contributed by atoms with Gasteiger partial charge in [-0.3, -0.25) is 4.68 Å². The van der Waals surface area contributed by atoms with E-state index in [0.717, 1.165) is 18.5 Å². The van der Waals surface area contributed by atoms with E-state index in [1.165, 1.54) is 6.20 Å². The molecular formula is C13H23N3O2. The lowest BCUT2D eigenvalue weighted by atomic mass is 9.95. The molecule has 0 aliphatic heterocycles. The first kappa shape index (κ1) is 14.7. The number of aromatic nitrogens is 2. The first-order valence-electron chi connectivity index (χ1n) is 6.48. The van der Waals surface area contributed by atoms with Crippen LogP contribution in [0.15, 0.2) is 6.20 Å². The average Bonchev–Trinajstić information content (AvgIpc) is 2.69. The minimum absolute atomic E-state index is 0.279. The molecule has 0 aliphatic carbocycles. The molecule has 1 aromatic rings. The van der Waals surface area contributed by atoms with Gasteiger partial charge in [0.1, 0.15) is 5.56 Å². The van der Waals surface area contributed by atoms with Gasteiger partial charge in [-0.1, -0.05) is 26.7 Å². The Morgan fingerprint density at radius 3 is 2.61 bits per heavy atom. The van der Waals surface area contributed by atoms with Gasteiger partial charge in [-0.15, -0.1) is 0 Å². The number of nitrogens with zero attached hydrogens (tertiary/aromatic N) is 2. The monoisotopic (exact) mass is 253 g/mol. The lowest BCUT2D eigenvalue weighted by Gasteiger charge is -2.22. The fourth-order valence-electron chi connectivity index (χ4n) is 2.27. The maximum atomic E-state index is 11.0. The van der Waals surface area contributed by atoms with Crippen molar-refractivity contribution in [2.24, 2.45) is 13.0 Å². The highest BCUT2D eigenvalue weighted by Crippen LogP contribution is 2.14. The molecule has 1 aromatic heterocycles. The molecule has 5 nitrogen and oxygen atoms in total. The van der Waals surface area contributed by atoms with E-state index >= 15 is 0 Å². The van der Waals surface area contributed by atoms with Gasteiger partial charge in [-0.25, -0.2) is 4.79 Å². The molecule has 1 heterocycles. The molecule has 5 heteroatoms. The molecule has 0 aromatic carbocycles. The summed E-state index contributed by atoms with van der Waals surface area (Å²) in [4.78, 5) is 11.0. The van der Waals surface area contributed by atoms with Crippen molar-refractivity contribution in [3.05, 3.63) is 17.5 Å². The SMILES string of the molecule is CCC(CC)C(C)NCc1c(C(=O)O)cnn1C. The van der Waals surface area contributed by atoms with Gasteiger partial charge < -0.3 is 10.4 Å². The number of carboxylic acid groups (broad SMARTS) is 1. The third-order valence-electron chi connectivity index (χ3n) is 3.64. The van der Waals surface area contributed by atoms with E-state index in [0.29, 0.717) is 18.5 Å². The molecule has 0 aliphatic rings. The van der Waals surface area contributed by atoms with Gasteiger partial charge in [0.05, 0.1) is 11.9 Å². The average molecular weight is 253 g/mol. The molecule has 0 fully saturated rings. The number of nitrogens with one attached hydrogen (secondary N) is 1. The second-order valence-corrected chi connectivity index (χ2v) is 4.68. The molecule has 1 rings (SSSR count). The quantitative estimate of drug-likeness (QED) is 0.780.